The molecule has 0 unspecified atom stereocenters. The first-order valence-electron chi connectivity index (χ1n) is 10.8. The van der Waals surface area contributed by atoms with Gasteiger partial charge in [-0.25, -0.2) is 9.97 Å². The monoisotopic (exact) mass is 436 g/mol. The molecule has 0 bridgehead atoms. The Morgan fingerprint density at radius 1 is 1.19 bits per heavy atom. The number of hydrogen-bond acceptors (Lipinski definition) is 7. The zero-order chi connectivity index (χ0) is 21.0. The van der Waals surface area contributed by atoms with Gasteiger partial charge in [0.2, 0.25) is 0 Å². The number of aryl methyl sites for hydroxylation is 1. The molecular weight excluding hydrogens is 412 g/mol. The Morgan fingerprint density at radius 2 is 2.06 bits per heavy atom. The van der Waals surface area contributed by atoms with Gasteiger partial charge < -0.3 is 15.4 Å². The van der Waals surface area contributed by atoms with E-state index in [1.807, 2.05) is 4.90 Å². The summed E-state index contributed by atoms with van der Waals surface area (Å²) in [4.78, 5) is 26.1. The molecule has 31 heavy (non-hydrogen) atoms. The van der Waals surface area contributed by atoms with Gasteiger partial charge in [-0.3, -0.25) is 9.89 Å². The number of nitrogens with one attached hydrogen (secondary N) is 1. The molecule has 2 aliphatic heterocycles. The van der Waals surface area contributed by atoms with Crippen LogP contribution >= 0.6 is 11.3 Å². The van der Waals surface area contributed by atoms with Crippen molar-refractivity contribution in [1.82, 2.24) is 25.1 Å². The fourth-order valence-corrected chi connectivity index (χ4v) is 6.33. The maximum Gasteiger partial charge on any atom is 0.274 e. The van der Waals surface area contributed by atoms with Crippen molar-refractivity contribution in [1.29, 1.82) is 0 Å². The summed E-state index contributed by atoms with van der Waals surface area (Å²) < 4.78 is 6.38. The summed E-state index contributed by atoms with van der Waals surface area (Å²) in [6.45, 7) is 2.06. The summed E-state index contributed by atoms with van der Waals surface area (Å²) in [7, 11) is 0. The van der Waals surface area contributed by atoms with Crippen molar-refractivity contribution in [3.8, 4) is 10.6 Å². The number of carbonyl (C=O) groups excluding carboxylic acids is 1. The molecular formula is C22H24N6O2S. The molecule has 1 fully saturated rings. The van der Waals surface area contributed by atoms with Gasteiger partial charge in [0.25, 0.3) is 5.91 Å². The molecule has 0 saturated carbocycles. The minimum atomic E-state index is -0.326. The van der Waals surface area contributed by atoms with E-state index in [0.29, 0.717) is 31.2 Å². The van der Waals surface area contributed by atoms with Crippen molar-refractivity contribution in [2.75, 3.05) is 25.4 Å². The molecule has 3 N–H and O–H groups in total. The van der Waals surface area contributed by atoms with Gasteiger partial charge in [0.05, 0.1) is 35.2 Å². The number of piperidine rings is 1. The van der Waals surface area contributed by atoms with E-state index >= 15 is 0 Å². The second kappa shape index (κ2) is 7.13. The van der Waals surface area contributed by atoms with Crippen LogP contribution in [0.25, 0.3) is 10.6 Å². The number of nitrogens with two attached hydrogens (primary N) is 1. The summed E-state index contributed by atoms with van der Waals surface area (Å²) in [6, 6.07) is 2.21. The maximum absolute atomic E-state index is 13.1. The highest BCUT2D eigenvalue weighted by Crippen LogP contribution is 2.46. The van der Waals surface area contributed by atoms with E-state index in [4.69, 9.17) is 10.5 Å². The lowest BCUT2D eigenvalue weighted by Gasteiger charge is -2.44. The lowest BCUT2D eigenvalue weighted by molar-refractivity contribution is -0.0926. The van der Waals surface area contributed by atoms with E-state index in [0.717, 1.165) is 60.4 Å². The van der Waals surface area contributed by atoms with Gasteiger partial charge in [-0.2, -0.15) is 5.10 Å². The average molecular weight is 437 g/mol. The Labute approximate surface area is 183 Å². The number of fused-ring (bicyclic) bond motifs is 3. The third kappa shape index (κ3) is 3.06. The summed E-state index contributed by atoms with van der Waals surface area (Å²) in [5.74, 6) is 0.470. The molecule has 0 radical (unpaired) electrons. The van der Waals surface area contributed by atoms with Gasteiger partial charge in [0, 0.05) is 35.6 Å². The predicted octanol–water partition coefficient (Wildman–Crippen LogP) is 2.70. The molecule has 9 heteroatoms. The van der Waals surface area contributed by atoms with Gasteiger partial charge in [-0.1, -0.05) is 0 Å². The van der Waals surface area contributed by atoms with E-state index in [9.17, 15) is 4.79 Å². The SMILES string of the molecule is Nc1cnc(-c2cc3c(s2)CCOC32CCN(C(=O)c3n[nH]c4c3CCC4)CC2)cn1. The number of likely N-dealkylation sites (tertiary alicyclic amines) is 1. The van der Waals surface area contributed by atoms with Crippen molar-refractivity contribution in [2.45, 2.75) is 44.1 Å². The largest absolute Gasteiger partial charge is 0.382 e. The zero-order valence-corrected chi connectivity index (χ0v) is 18.0. The number of nitrogen functional groups attached to an aromatic ring is 1. The highest BCUT2D eigenvalue weighted by molar-refractivity contribution is 7.15. The molecule has 6 rings (SSSR count). The molecule has 3 aromatic heterocycles. The molecule has 1 saturated heterocycles. The van der Waals surface area contributed by atoms with Crippen LogP contribution in [0.2, 0.25) is 0 Å². The van der Waals surface area contributed by atoms with Crippen LogP contribution in [-0.2, 0) is 29.6 Å². The summed E-state index contributed by atoms with van der Waals surface area (Å²) >= 11 is 1.76. The Bertz CT molecular complexity index is 1140. The Hall–Kier alpha value is -2.78. The van der Waals surface area contributed by atoms with Crippen LogP contribution in [-0.4, -0.2) is 50.7 Å². The number of thiophene rings is 1. The second-order valence-electron chi connectivity index (χ2n) is 8.54. The van der Waals surface area contributed by atoms with Crippen molar-refractivity contribution in [2.24, 2.45) is 0 Å². The Morgan fingerprint density at radius 3 is 2.87 bits per heavy atom. The predicted molar refractivity (Wildman–Crippen MR) is 117 cm³/mol. The number of aromatic amines is 1. The second-order valence-corrected chi connectivity index (χ2v) is 9.68. The summed E-state index contributed by atoms with van der Waals surface area (Å²) in [6.07, 6.45) is 8.86. The number of aromatic nitrogens is 4. The molecule has 8 nitrogen and oxygen atoms in total. The number of ether oxygens (including phenoxy) is 1. The fraction of sp³-hybridized carbons (Fsp3) is 0.455. The van der Waals surface area contributed by atoms with Crippen LogP contribution in [0.3, 0.4) is 0 Å². The standard InChI is InChI=1S/C22H24N6O2S/c23-19-12-24-16(11-25-19)18-10-14-17(31-18)4-9-30-22(14)5-7-28(8-6-22)21(29)20-13-2-1-3-15(13)26-27-20/h10-12H,1-9H2,(H2,23,25)(H,26,27). The number of nitrogens with zero attached hydrogens (tertiary/aromatic N) is 4. The number of rotatable bonds is 2. The van der Waals surface area contributed by atoms with E-state index in [-0.39, 0.29) is 11.5 Å². The highest BCUT2D eigenvalue weighted by Gasteiger charge is 2.43. The molecule has 1 spiro atoms. The normalized spacial score (nSPS) is 19.4. The van der Waals surface area contributed by atoms with Crippen molar-refractivity contribution >= 4 is 23.1 Å². The smallest absolute Gasteiger partial charge is 0.274 e. The summed E-state index contributed by atoms with van der Waals surface area (Å²) in [5, 5.41) is 7.39. The van der Waals surface area contributed by atoms with E-state index in [1.165, 1.54) is 10.4 Å². The quantitative estimate of drug-likeness (QED) is 0.639. The highest BCUT2D eigenvalue weighted by atomic mass is 32.1. The number of H-pyrrole nitrogens is 1. The number of hydrogen-bond donors (Lipinski definition) is 2. The summed E-state index contributed by atoms with van der Waals surface area (Å²) in [5.41, 5.74) is 10.3. The van der Waals surface area contributed by atoms with Gasteiger partial charge in [0.15, 0.2) is 5.69 Å². The number of carbonyl (C=O) groups is 1. The van der Waals surface area contributed by atoms with Gasteiger partial charge in [0.1, 0.15) is 5.82 Å². The topological polar surface area (TPSA) is 110 Å². The molecule has 1 aliphatic carbocycles. The van der Waals surface area contributed by atoms with Crippen LogP contribution in [0.4, 0.5) is 5.82 Å². The molecule has 0 atom stereocenters. The molecule has 3 aliphatic rings. The van der Waals surface area contributed by atoms with Crippen LogP contribution in [0.5, 0.6) is 0 Å². The van der Waals surface area contributed by atoms with E-state index < -0.39 is 0 Å². The number of anilines is 1. The van der Waals surface area contributed by atoms with Crippen LogP contribution < -0.4 is 5.73 Å². The number of amides is 1. The van der Waals surface area contributed by atoms with E-state index in [2.05, 4.69) is 26.2 Å². The van der Waals surface area contributed by atoms with Gasteiger partial charge in [-0.05, 0) is 43.7 Å². The molecule has 160 valence electrons. The van der Waals surface area contributed by atoms with Crippen molar-refractivity contribution in [3.63, 3.8) is 0 Å². The first kappa shape index (κ1) is 18.9. The lowest BCUT2D eigenvalue weighted by atomic mass is 9.82. The molecule has 0 aromatic carbocycles. The zero-order valence-electron chi connectivity index (χ0n) is 17.2. The van der Waals surface area contributed by atoms with Crippen molar-refractivity contribution < 1.29 is 9.53 Å². The third-order valence-corrected chi connectivity index (χ3v) is 8.02. The molecule has 3 aromatic rings. The van der Waals surface area contributed by atoms with Crippen LogP contribution in [0, 0.1) is 0 Å². The minimum absolute atomic E-state index is 0.0495. The van der Waals surface area contributed by atoms with Crippen LogP contribution in [0.1, 0.15) is 51.4 Å². The van der Waals surface area contributed by atoms with Gasteiger partial charge in [-0.15, -0.1) is 11.3 Å². The van der Waals surface area contributed by atoms with Crippen LogP contribution in [0.15, 0.2) is 18.5 Å². The molecule has 1 amide bonds. The van der Waals surface area contributed by atoms with Crippen molar-refractivity contribution in [3.05, 3.63) is 45.9 Å². The van der Waals surface area contributed by atoms with E-state index in [1.54, 1.807) is 23.7 Å². The average Bonchev–Trinajstić information content (AvgIpc) is 3.51. The lowest BCUT2D eigenvalue weighted by Crippen LogP contribution is -2.48. The van der Waals surface area contributed by atoms with Gasteiger partial charge >= 0.3 is 0 Å². The first-order valence-corrected chi connectivity index (χ1v) is 11.6. The Balaban J connectivity index is 1.23. The first-order chi connectivity index (χ1) is 15.1. The Kier molecular flexibility index (Phi) is 4.36. The fourth-order valence-electron chi connectivity index (χ4n) is 5.14. The maximum atomic E-state index is 13.1. The molecule has 5 heterocycles. The minimum Gasteiger partial charge on any atom is -0.382 e. The third-order valence-electron chi connectivity index (χ3n) is 6.80.